The molecule has 0 amide bonds. The minimum atomic E-state index is -0.762. The first-order valence-corrected chi connectivity index (χ1v) is 4.02. The zero-order chi connectivity index (χ0) is 11.0. The summed E-state index contributed by atoms with van der Waals surface area (Å²) in [5.74, 6) is -2.16. The number of aromatic amines is 1. The number of aromatic nitrogens is 1. The lowest BCUT2D eigenvalue weighted by molar-refractivity contribution is 0.0601. The number of hydrogen-bond acceptors (Lipinski definition) is 4. The standard InChI is InChI=1S/C9H6FNO4/c1-14-8(12)5-2-4(10)3-6-7(5)15-9(13)11-6/h2-3H,1H3,(H,11,13). The summed E-state index contributed by atoms with van der Waals surface area (Å²) in [6.45, 7) is 0. The van der Waals surface area contributed by atoms with Crippen LogP contribution >= 0.6 is 0 Å². The van der Waals surface area contributed by atoms with Gasteiger partial charge in [-0.3, -0.25) is 4.98 Å². The first-order valence-electron chi connectivity index (χ1n) is 4.02. The average molecular weight is 211 g/mol. The molecule has 1 aromatic heterocycles. The van der Waals surface area contributed by atoms with E-state index in [0.29, 0.717) is 0 Å². The third-order valence-electron chi connectivity index (χ3n) is 1.89. The largest absolute Gasteiger partial charge is 0.465 e. The Bertz CT molecular complexity index is 583. The predicted octanol–water partition coefficient (Wildman–Crippen LogP) is 1.05. The molecule has 0 bridgehead atoms. The number of benzene rings is 1. The Hall–Kier alpha value is -2.11. The van der Waals surface area contributed by atoms with Crippen molar-refractivity contribution in [3.8, 4) is 0 Å². The number of rotatable bonds is 1. The fourth-order valence-corrected chi connectivity index (χ4v) is 1.29. The van der Waals surface area contributed by atoms with Crippen LogP contribution in [0.1, 0.15) is 10.4 Å². The van der Waals surface area contributed by atoms with Gasteiger partial charge in [0.15, 0.2) is 5.58 Å². The summed E-state index contributed by atoms with van der Waals surface area (Å²) in [6, 6.07) is 2.01. The highest BCUT2D eigenvalue weighted by atomic mass is 19.1. The van der Waals surface area contributed by atoms with Crippen LogP contribution in [0.2, 0.25) is 0 Å². The number of methoxy groups -OCH3 is 1. The molecule has 1 aromatic carbocycles. The Morgan fingerprint density at radius 3 is 2.93 bits per heavy atom. The number of ether oxygens (including phenoxy) is 1. The predicted molar refractivity (Wildman–Crippen MR) is 48.1 cm³/mol. The van der Waals surface area contributed by atoms with Gasteiger partial charge in [-0.05, 0) is 6.07 Å². The number of carbonyl (C=O) groups is 1. The van der Waals surface area contributed by atoms with Crippen LogP contribution in [-0.2, 0) is 4.74 Å². The Balaban J connectivity index is 2.81. The Kier molecular flexibility index (Phi) is 2.03. The molecule has 2 aromatic rings. The SMILES string of the molecule is COC(=O)c1cc(F)cc2[nH]c(=O)oc12. The summed E-state index contributed by atoms with van der Waals surface area (Å²) < 4.78 is 22.2. The molecule has 0 aliphatic heterocycles. The van der Waals surface area contributed by atoms with Crippen LogP contribution in [0.25, 0.3) is 11.1 Å². The van der Waals surface area contributed by atoms with Crippen molar-refractivity contribution in [2.45, 2.75) is 0 Å². The lowest BCUT2D eigenvalue weighted by Gasteiger charge is -1.99. The highest BCUT2D eigenvalue weighted by Crippen LogP contribution is 2.18. The second kappa shape index (κ2) is 3.23. The zero-order valence-electron chi connectivity index (χ0n) is 7.67. The quantitative estimate of drug-likeness (QED) is 0.715. The van der Waals surface area contributed by atoms with Crippen LogP contribution in [0.3, 0.4) is 0 Å². The molecule has 0 fully saturated rings. The van der Waals surface area contributed by atoms with Crippen LogP contribution in [-0.4, -0.2) is 18.1 Å². The zero-order valence-corrected chi connectivity index (χ0v) is 7.67. The van der Waals surface area contributed by atoms with Gasteiger partial charge < -0.3 is 9.15 Å². The maximum absolute atomic E-state index is 13.0. The van der Waals surface area contributed by atoms with Gasteiger partial charge in [-0.15, -0.1) is 0 Å². The monoisotopic (exact) mass is 211 g/mol. The normalized spacial score (nSPS) is 10.5. The van der Waals surface area contributed by atoms with Gasteiger partial charge in [-0.2, -0.15) is 0 Å². The molecule has 2 rings (SSSR count). The molecule has 0 saturated heterocycles. The van der Waals surface area contributed by atoms with E-state index in [1.165, 1.54) is 0 Å². The van der Waals surface area contributed by atoms with Crippen molar-refractivity contribution < 1.29 is 18.3 Å². The minimum Gasteiger partial charge on any atom is -0.465 e. The van der Waals surface area contributed by atoms with Gasteiger partial charge in [0.05, 0.1) is 12.6 Å². The molecule has 5 nitrogen and oxygen atoms in total. The molecule has 0 aliphatic rings. The smallest absolute Gasteiger partial charge is 0.417 e. The molecule has 1 N–H and O–H groups in total. The second-order valence-electron chi connectivity index (χ2n) is 2.84. The fraction of sp³-hybridized carbons (Fsp3) is 0.111. The molecular formula is C9H6FNO4. The second-order valence-corrected chi connectivity index (χ2v) is 2.84. The molecule has 0 radical (unpaired) electrons. The van der Waals surface area contributed by atoms with Crippen molar-refractivity contribution in [3.63, 3.8) is 0 Å². The molecule has 0 atom stereocenters. The molecular weight excluding hydrogens is 205 g/mol. The van der Waals surface area contributed by atoms with Crippen molar-refractivity contribution in [2.24, 2.45) is 0 Å². The van der Waals surface area contributed by atoms with Crippen LogP contribution in [0.5, 0.6) is 0 Å². The van der Waals surface area contributed by atoms with Gasteiger partial charge in [0, 0.05) is 6.07 Å². The topological polar surface area (TPSA) is 72.3 Å². The first-order chi connectivity index (χ1) is 7.11. The number of esters is 1. The van der Waals surface area contributed by atoms with Crippen molar-refractivity contribution in [3.05, 3.63) is 34.1 Å². The summed E-state index contributed by atoms with van der Waals surface area (Å²) in [7, 11) is 1.16. The highest BCUT2D eigenvalue weighted by molar-refractivity contribution is 6.00. The first kappa shape index (κ1) is 9.45. The minimum absolute atomic E-state index is 0.00625. The number of carbonyl (C=O) groups excluding carboxylic acids is 1. The average Bonchev–Trinajstić information content (AvgIpc) is 2.55. The van der Waals surface area contributed by atoms with E-state index in [1.54, 1.807) is 0 Å². The summed E-state index contributed by atoms with van der Waals surface area (Å²) >= 11 is 0. The van der Waals surface area contributed by atoms with Gasteiger partial charge in [0.2, 0.25) is 0 Å². The van der Waals surface area contributed by atoms with E-state index in [0.717, 1.165) is 19.2 Å². The molecule has 15 heavy (non-hydrogen) atoms. The third-order valence-corrected chi connectivity index (χ3v) is 1.89. The van der Waals surface area contributed by atoms with Gasteiger partial charge in [0.25, 0.3) is 0 Å². The Morgan fingerprint density at radius 2 is 2.27 bits per heavy atom. The molecule has 0 spiro atoms. The van der Waals surface area contributed by atoms with Gasteiger partial charge in [-0.1, -0.05) is 0 Å². The fourth-order valence-electron chi connectivity index (χ4n) is 1.29. The van der Waals surface area contributed by atoms with Crippen LogP contribution in [0.15, 0.2) is 21.3 Å². The summed E-state index contributed by atoms with van der Waals surface area (Å²) in [4.78, 5) is 24.3. The van der Waals surface area contributed by atoms with Crippen molar-refractivity contribution in [2.75, 3.05) is 7.11 Å². The van der Waals surface area contributed by atoms with E-state index in [-0.39, 0.29) is 16.7 Å². The number of oxazole rings is 1. The molecule has 1 heterocycles. The third kappa shape index (κ3) is 1.50. The van der Waals surface area contributed by atoms with Crippen LogP contribution in [0.4, 0.5) is 4.39 Å². The summed E-state index contributed by atoms with van der Waals surface area (Å²) in [5, 5.41) is 0. The number of halogens is 1. The lowest BCUT2D eigenvalue weighted by atomic mass is 10.2. The van der Waals surface area contributed by atoms with E-state index in [4.69, 9.17) is 4.42 Å². The molecule has 78 valence electrons. The summed E-state index contributed by atoms with van der Waals surface area (Å²) in [5.41, 5.74) is -0.000463. The number of fused-ring (bicyclic) bond motifs is 1. The van der Waals surface area contributed by atoms with Crippen molar-refractivity contribution >= 4 is 17.1 Å². The van der Waals surface area contributed by atoms with E-state index >= 15 is 0 Å². The van der Waals surface area contributed by atoms with Crippen LogP contribution < -0.4 is 5.76 Å². The van der Waals surface area contributed by atoms with E-state index in [9.17, 15) is 14.0 Å². The number of nitrogens with one attached hydrogen (secondary N) is 1. The maximum atomic E-state index is 13.0. The Morgan fingerprint density at radius 1 is 1.53 bits per heavy atom. The highest BCUT2D eigenvalue weighted by Gasteiger charge is 2.16. The Labute approximate surface area is 82.5 Å². The molecule has 6 heteroatoms. The number of hydrogen-bond donors (Lipinski definition) is 1. The maximum Gasteiger partial charge on any atom is 0.417 e. The molecule has 0 aliphatic carbocycles. The van der Waals surface area contributed by atoms with E-state index in [2.05, 4.69) is 9.72 Å². The van der Waals surface area contributed by atoms with Gasteiger partial charge in [-0.25, -0.2) is 14.0 Å². The van der Waals surface area contributed by atoms with Crippen molar-refractivity contribution in [1.82, 2.24) is 4.98 Å². The molecule has 0 unspecified atom stereocenters. The number of H-pyrrole nitrogens is 1. The lowest BCUT2D eigenvalue weighted by Crippen LogP contribution is -2.02. The van der Waals surface area contributed by atoms with E-state index in [1.807, 2.05) is 0 Å². The summed E-state index contributed by atoms with van der Waals surface area (Å²) in [6.07, 6.45) is 0. The molecule has 0 saturated carbocycles. The van der Waals surface area contributed by atoms with E-state index < -0.39 is 17.5 Å². The van der Waals surface area contributed by atoms with Gasteiger partial charge >= 0.3 is 11.7 Å². The van der Waals surface area contributed by atoms with Crippen molar-refractivity contribution in [1.29, 1.82) is 0 Å². The van der Waals surface area contributed by atoms with Gasteiger partial charge in [0.1, 0.15) is 11.4 Å². The van der Waals surface area contributed by atoms with Crippen LogP contribution in [0, 0.1) is 5.82 Å².